The maximum atomic E-state index is 3.65. The number of benzene rings is 1. The van der Waals surface area contributed by atoms with Crippen molar-refractivity contribution in [2.75, 3.05) is 11.9 Å². The molecule has 19 heavy (non-hydrogen) atoms. The van der Waals surface area contributed by atoms with Gasteiger partial charge in [0.25, 0.3) is 0 Å². The van der Waals surface area contributed by atoms with E-state index in [2.05, 4.69) is 55.2 Å². The predicted octanol–water partition coefficient (Wildman–Crippen LogP) is 5.57. The minimum absolute atomic E-state index is 0.759. The molecule has 2 heteroatoms. The summed E-state index contributed by atoms with van der Waals surface area (Å²) in [6, 6.07) is 8.81. The lowest BCUT2D eigenvalue weighted by atomic mass is 10.1. The molecule has 0 heterocycles. The first-order chi connectivity index (χ1) is 9.29. The molecule has 1 aromatic carbocycles. The molecule has 1 atom stereocenters. The second kappa shape index (κ2) is 7.84. The molecule has 1 aliphatic carbocycles. The van der Waals surface area contributed by atoms with Gasteiger partial charge in [-0.05, 0) is 37.3 Å². The Kier molecular flexibility index (Phi) is 6.09. The molecule has 0 radical (unpaired) electrons. The summed E-state index contributed by atoms with van der Waals surface area (Å²) >= 11 is 2.08. The Hall–Kier alpha value is -0.630. The predicted molar refractivity (Wildman–Crippen MR) is 87.1 cm³/mol. The van der Waals surface area contributed by atoms with E-state index in [1.165, 1.54) is 49.1 Å². The summed E-state index contributed by atoms with van der Waals surface area (Å²) in [6.45, 7) is 5.69. The molecule has 0 spiro atoms. The van der Waals surface area contributed by atoms with Crippen molar-refractivity contribution in [3.63, 3.8) is 0 Å². The van der Waals surface area contributed by atoms with E-state index >= 15 is 0 Å². The third-order valence-electron chi connectivity index (χ3n) is 3.91. The van der Waals surface area contributed by atoms with Gasteiger partial charge in [0.2, 0.25) is 0 Å². The number of hydrogen-bond acceptors (Lipinski definition) is 2. The summed E-state index contributed by atoms with van der Waals surface area (Å²) < 4.78 is 0. The number of nitrogens with one attached hydrogen (secondary N) is 1. The molecule has 1 saturated carbocycles. The molecule has 1 unspecified atom stereocenters. The van der Waals surface area contributed by atoms with Crippen LogP contribution in [0.5, 0.6) is 0 Å². The molecule has 0 aliphatic heterocycles. The standard InChI is InChI=1S/C17H27NS/c1-3-8-14(2)13-18-16-11-6-7-12-17(16)19-15-9-4-5-10-15/h6-7,11-12,14-15,18H,3-5,8-10,13H2,1-2H3. The van der Waals surface area contributed by atoms with E-state index in [0.717, 1.165) is 17.7 Å². The Morgan fingerprint density at radius 1 is 1.26 bits per heavy atom. The normalized spacial score (nSPS) is 17.6. The van der Waals surface area contributed by atoms with Gasteiger partial charge >= 0.3 is 0 Å². The van der Waals surface area contributed by atoms with Crippen LogP contribution in [0, 0.1) is 5.92 Å². The van der Waals surface area contributed by atoms with E-state index in [1.807, 2.05) is 0 Å². The summed E-state index contributed by atoms with van der Waals surface area (Å²) in [4.78, 5) is 1.44. The van der Waals surface area contributed by atoms with Crippen molar-refractivity contribution < 1.29 is 0 Å². The highest BCUT2D eigenvalue weighted by Crippen LogP contribution is 2.38. The van der Waals surface area contributed by atoms with E-state index in [4.69, 9.17) is 0 Å². The van der Waals surface area contributed by atoms with Gasteiger partial charge in [-0.1, -0.05) is 45.2 Å². The monoisotopic (exact) mass is 277 g/mol. The molecule has 1 nitrogen and oxygen atoms in total. The van der Waals surface area contributed by atoms with E-state index in [0.29, 0.717) is 0 Å². The van der Waals surface area contributed by atoms with Crippen molar-refractivity contribution in [3.8, 4) is 0 Å². The fraction of sp³-hybridized carbons (Fsp3) is 0.647. The molecule has 1 fully saturated rings. The second-order valence-electron chi connectivity index (χ2n) is 5.80. The first-order valence-electron chi connectivity index (χ1n) is 7.79. The number of thioether (sulfide) groups is 1. The van der Waals surface area contributed by atoms with Gasteiger partial charge in [-0.15, -0.1) is 11.8 Å². The van der Waals surface area contributed by atoms with Gasteiger partial charge in [-0.3, -0.25) is 0 Å². The van der Waals surface area contributed by atoms with Crippen LogP contribution in [-0.2, 0) is 0 Å². The molecule has 0 amide bonds. The number of para-hydroxylation sites is 1. The minimum Gasteiger partial charge on any atom is -0.384 e. The minimum atomic E-state index is 0.759. The van der Waals surface area contributed by atoms with E-state index in [9.17, 15) is 0 Å². The molecular formula is C17H27NS. The Morgan fingerprint density at radius 2 is 2.00 bits per heavy atom. The van der Waals surface area contributed by atoms with Crippen molar-refractivity contribution in [3.05, 3.63) is 24.3 Å². The van der Waals surface area contributed by atoms with Crippen molar-refractivity contribution in [1.29, 1.82) is 0 Å². The van der Waals surface area contributed by atoms with Gasteiger partial charge in [0.1, 0.15) is 0 Å². The van der Waals surface area contributed by atoms with E-state index in [-0.39, 0.29) is 0 Å². The molecule has 1 aliphatic rings. The zero-order valence-corrected chi connectivity index (χ0v) is 13.1. The summed E-state index contributed by atoms with van der Waals surface area (Å²) in [5, 5.41) is 4.49. The van der Waals surface area contributed by atoms with Crippen molar-refractivity contribution in [2.24, 2.45) is 5.92 Å². The molecule has 1 aromatic rings. The average Bonchev–Trinajstić information content (AvgIpc) is 2.91. The Morgan fingerprint density at radius 3 is 2.74 bits per heavy atom. The highest BCUT2D eigenvalue weighted by molar-refractivity contribution is 8.00. The molecule has 0 aromatic heterocycles. The van der Waals surface area contributed by atoms with Crippen LogP contribution in [0.25, 0.3) is 0 Å². The van der Waals surface area contributed by atoms with Gasteiger partial charge in [0.05, 0.1) is 0 Å². The van der Waals surface area contributed by atoms with Crippen LogP contribution in [0.1, 0.15) is 52.4 Å². The van der Waals surface area contributed by atoms with Crippen molar-refractivity contribution in [2.45, 2.75) is 62.5 Å². The molecule has 106 valence electrons. The smallest absolute Gasteiger partial charge is 0.0478 e. The Bertz CT molecular complexity index is 371. The second-order valence-corrected chi connectivity index (χ2v) is 7.14. The Labute approximate surface area is 122 Å². The van der Waals surface area contributed by atoms with Crippen LogP contribution in [0.4, 0.5) is 5.69 Å². The lowest BCUT2D eigenvalue weighted by Gasteiger charge is -2.17. The quantitative estimate of drug-likeness (QED) is 0.699. The number of anilines is 1. The summed E-state index contributed by atoms with van der Waals surface area (Å²) in [7, 11) is 0. The zero-order valence-electron chi connectivity index (χ0n) is 12.3. The van der Waals surface area contributed by atoms with Crippen molar-refractivity contribution >= 4 is 17.4 Å². The molecule has 2 rings (SSSR count). The number of rotatable bonds is 7. The zero-order chi connectivity index (χ0) is 13.5. The largest absolute Gasteiger partial charge is 0.384 e. The third-order valence-corrected chi connectivity index (χ3v) is 5.32. The fourth-order valence-electron chi connectivity index (χ4n) is 2.78. The lowest BCUT2D eigenvalue weighted by molar-refractivity contribution is 0.550. The first-order valence-corrected chi connectivity index (χ1v) is 8.67. The van der Waals surface area contributed by atoms with Gasteiger partial charge in [-0.25, -0.2) is 0 Å². The van der Waals surface area contributed by atoms with E-state index in [1.54, 1.807) is 0 Å². The lowest BCUT2D eigenvalue weighted by Crippen LogP contribution is -2.11. The van der Waals surface area contributed by atoms with Crippen LogP contribution in [0.15, 0.2) is 29.2 Å². The van der Waals surface area contributed by atoms with Crippen LogP contribution >= 0.6 is 11.8 Å². The third kappa shape index (κ3) is 4.76. The van der Waals surface area contributed by atoms with Gasteiger partial charge in [0, 0.05) is 22.4 Å². The highest BCUT2D eigenvalue weighted by Gasteiger charge is 2.17. The average molecular weight is 277 g/mol. The molecule has 1 N–H and O–H groups in total. The van der Waals surface area contributed by atoms with Crippen molar-refractivity contribution in [1.82, 2.24) is 0 Å². The van der Waals surface area contributed by atoms with Crippen LogP contribution in [0.2, 0.25) is 0 Å². The first kappa shape index (κ1) is 14.8. The molecule has 0 bridgehead atoms. The van der Waals surface area contributed by atoms with Crippen LogP contribution < -0.4 is 5.32 Å². The highest BCUT2D eigenvalue weighted by atomic mass is 32.2. The number of hydrogen-bond donors (Lipinski definition) is 1. The van der Waals surface area contributed by atoms with Crippen LogP contribution in [0.3, 0.4) is 0 Å². The summed E-state index contributed by atoms with van der Waals surface area (Å²) in [6.07, 6.45) is 8.21. The Balaban J connectivity index is 1.91. The molecule has 0 saturated heterocycles. The maximum Gasteiger partial charge on any atom is 0.0478 e. The van der Waals surface area contributed by atoms with Gasteiger partial charge in [0.15, 0.2) is 0 Å². The van der Waals surface area contributed by atoms with Gasteiger partial charge in [-0.2, -0.15) is 0 Å². The molecular weight excluding hydrogens is 250 g/mol. The van der Waals surface area contributed by atoms with Gasteiger partial charge < -0.3 is 5.32 Å². The SMILES string of the molecule is CCCC(C)CNc1ccccc1SC1CCCC1. The topological polar surface area (TPSA) is 12.0 Å². The summed E-state index contributed by atoms with van der Waals surface area (Å²) in [5.74, 6) is 0.759. The maximum absolute atomic E-state index is 3.65. The van der Waals surface area contributed by atoms with E-state index < -0.39 is 0 Å². The van der Waals surface area contributed by atoms with Crippen LogP contribution in [-0.4, -0.2) is 11.8 Å². The summed E-state index contributed by atoms with van der Waals surface area (Å²) in [5.41, 5.74) is 1.34. The fourth-order valence-corrected chi connectivity index (χ4v) is 4.13.